The molecule has 2 N–H and O–H groups in total. The molecule has 4 unspecified atom stereocenters. The fourth-order valence-corrected chi connectivity index (χ4v) is 3.82. The van der Waals surface area contributed by atoms with Crippen LogP contribution in [0.25, 0.3) is 0 Å². The van der Waals surface area contributed by atoms with Gasteiger partial charge in [0.25, 0.3) is 0 Å². The number of ether oxygens (including phenoxy) is 2. The Bertz CT molecular complexity index is 330. The second-order valence-corrected chi connectivity index (χ2v) is 7.31. The number of nitrogens with zero attached hydrogens (tertiary/aromatic N) is 1. The van der Waals surface area contributed by atoms with Crippen LogP contribution in [0.5, 0.6) is 0 Å². The first-order valence-corrected chi connectivity index (χ1v) is 7.43. The van der Waals surface area contributed by atoms with E-state index in [0.717, 1.165) is 19.6 Å². The van der Waals surface area contributed by atoms with Gasteiger partial charge in [0.1, 0.15) is 0 Å². The maximum atomic E-state index is 6.43. The molecule has 4 heteroatoms. The molecular weight excluding hydrogens is 240 g/mol. The van der Waals surface area contributed by atoms with Gasteiger partial charge < -0.3 is 20.1 Å². The molecule has 19 heavy (non-hydrogen) atoms. The van der Waals surface area contributed by atoms with Crippen molar-refractivity contribution in [2.45, 2.75) is 70.4 Å². The van der Waals surface area contributed by atoms with E-state index in [9.17, 15) is 0 Å². The number of nitrogens with two attached hydrogens (primary N) is 1. The van der Waals surface area contributed by atoms with Crippen LogP contribution in [0.2, 0.25) is 0 Å². The van der Waals surface area contributed by atoms with Gasteiger partial charge in [0, 0.05) is 31.2 Å². The van der Waals surface area contributed by atoms with E-state index in [4.69, 9.17) is 15.2 Å². The van der Waals surface area contributed by atoms with Crippen molar-refractivity contribution in [3.63, 3.8) is 0 Å². The van der Waals surface area contributed by atoms with Gasteiger partial charge in [0.05, 0.1) is 17.3 Å². The van der Waals surface area contributed by atoms with Crippen molar-refractivity contribution in [1.29, 1.82) is 0 Å². The van der Waals surface area contributed by atoms with Crippen LogP contribution < -0.4 is 5.73 Å². The summed E-state index contributed by atoms with van der Waals surface area (Å²) in [5.74, 6) is 0.347. The maximum Gasteiger partial charge on any atom is 0.0788 e. The first-order valence-electron chi connectivity index (χ1n) is 7.43. The average Bonchev–Trinajstić information content (AvgIpc) is 2.74. The molecule has 0 bridgehead atoms. The van der Waals surface area contributed by atoms with E-state index in [1.165, 1.54) is 0 Å². The molecule has 112 valence electrons. The molecular formula is C15H30N2O2. The highest BCUT2D eigenvalue weighted by Gasteiger charge is 2.52. The molecule has 0 saturated carbocycles. The Morgan fingerprint density at radius 2 is 1.84 bits per heavy atom. The number of hydrogen-bond donors (Lipinski definition) is 1. The zero-order valence-electron chi connectivity index (χ0n) is 13.3. The van der Waals surface area contributed by atoms with E-state index in [0.29, 0.717) is 18.1 Å². The lowest BCUT2D eigenvalue weighted by Crippen LogP contribution is -2.50. The molecule has 0 spiro atoms. The normalized spacial score (nSPS) is 41.1. The summed E-state index contributed by atoms with van der Waals surface area (Å²) in [7, 11) is 2.18. The summed E-state index contributed by atoms with van der Waals surface area (Å²) in [5, 5.41) is 0. The molecule has 2 fully saturated rings. The van der Waals surface area contributed by atoms with Crippen LogP contribution in [-0.4, -0.2) is 54.5 Å². The van der Waals surface area contributed by atoms with Gasteiger partial charge in [-0.3, -0.25) is 0 Å². The average molecular weight is 270 g/mol. The fourth-order valence-electron chi connectivity index (χ4n) is 3.82. The van der Waals surface area contributed by atoms with Gasteiger partial charge in [-0.15, -0.1) is 0 Å². The zero-order valence-corrected chi connectivity index (χ0v) is 13.3. The van der Waals surface area contributed by atoms with Crippen LogP contribution in [0.3, 0.4) is 0 Å². The molecule has 0 aromatic rings. The summed E-state index contributed by atoms with van der Waals surface area (Å²) < 4.78 is 11.8. The molecule has 2 aliphatic heterocycles. The molecule has 0 radical (unpaired) electrons. The molecule has 0 aromatic heterocycles. The van der Waals surface area contributed by atoms with Gasteiger partial charge in [0.2, 0.25) is 0 Å². The van der Waals surface area contributed by atoms with Crippen LogP contribution in [0.1, 0.15) is 41.0 Å². The Morgan fingerprint density at radius 1 is 1.21 bits per heavy atom. The van der Waals surface area contributed by atoms with E-state index in [1.807, 2.05) is 0 Å². The van der Waals surface area contributed by atoms with E-state index in [2.05, 4.69) is 46.6 Å². The highest BCUT2D eigenvalue weighted by molar-refractivity contribution is 5.05. The monoisotopic (exact) mass is 270 g/mol. The van der Waals surface area contributed by atoms with Crippen molar-refractivity contribution < 1.29 is 9.47 Å². The van der Waals surface area contributed by atoms with Crippen LogP contribution in [0.15, 0.2) is 0 Å². The van der Waals surface area contributed by atoms with Crippen molar-refractivity contribution in [3.05, 3.63) is 0 Å². The van der Waals surface area contributed by atoms with Crippen LogP contribution in [0.4, 0.5) is 0 Å². The topological polar surface area (TPSA) is 47.7 Å². The first kappa shape index (κ1) is 15.2. The third kappa shape index (κ3) is 2.82. The maximum absolute atomic E-state index is 6.43. The summed E-state index contributed by atoms with van der Waals surface area (Å²) in [6.45, 7) is 12.5. The smallest absolute Gasteiger partial charge is 0.0788 e. The standard InChI is InChI=1S/C15H30N2O2/c1-10-12(7-8-18-10)17(6)9-11-13(16)15(4,5)19-14(11,2)3/h10-13H,7-9,16H2,1-6H3. The number of hydrogen-bond acceptors (Lipinski definition) is 4. The van der Waals surface area contributed by atoms with Gasteiger partial charge >= 0.3 is 0 Å². The van der Waals surface area contributed by atoms with Gasteiger partial charge in [-0.1, -0.05) is 0 Å². The molecule has 2 rings (SSSR count). The molecule has 4 nitrogen and oxygen atoms in total. The van der Waals surface area contributed by atoms with Crippen molar-refractivity contribution in [2.24, 2.45) is 11.7 Å². The summed E-state index contributed by atoms with van der Waals surface area (Å²) in [4.78, 5) is 2.41. The Morgan fingerprint density at radius 3 is 2.26 bits per heavy atom. The second-order valence-electron chi connectivity index (χ2n) is 7.31. The van der Waals surface area contributed by atoms with Crippen LogP contribution in [0, 0.1) is 5.92 Å². The lowest BCUT2D eigenvalue weighted by Gasteiger charge is -2.34. The third-order valence-corrected chi connectivity index (χ3v) is 5.04. The van der Waals surface area contributed by atoms with Crippen LogP contribution >= 0.6 is 0 Å². The zero-order chi connectivity index (χ0) is 14.4. The molecule has 2 heterocycles. The van der Waals surface area contributed by atoms with E-state index < -0.39 is 0 Å². The minimum absolute atomic E-state index is 0.0718. The largest absolute Gasteiger partial charge is 0.377 e. The summed E-state index contributed by atoms with van der Waals surface area (Å²) in [5.41, 5.74) is 6.02. The molecule has 0 aromatic carbocycles. The highest BCUT2D eigenvalue weighted by Crippen LogP contribution is 2.41. The minimum Gasteiger partial charge on any atom is -0.377 e. The summed E-state index contributed by atoms with van der Waals surface area (Å²) >= 11 is 0. The van der Waals surface area contributed by atoms with Gasteiger partial charge in [0.15, 0.2) is 0 Å². The first-order chi connectivity index (χ1) is 8.65. The van der Waals surface area contributed by atoms with Crippen molar-refractivity contribution in [1.82, 2.24) is 4.90 Å². The van der Waals surface area contributed by atoms with Crippen molar-refractivity contribution in [3.8, 4) is 0 Å². The Hall–Kier alpha value is -0.160. The second kappa shape index (κ2) is 4.99. The predicted molar refractivity (Wildman–Crippen MR) is 77.2 cm³/mol. The molecule has 0 aliphatic carbocycles. The van der Waals surface area contributed by atoms with Gasteiger partial charge in [-0.25, -0.2) is 0 Å². The Kier molecular flexibility index (Phi) is 4.00. The Labute approximate surface area is 117 Å². The fraction of sp³-hybridized carbons (Fsp3) is 1.00. The quantitative estimate of drug-likeness (QED) is 0.847. The molecule has 2 aliphatic rings. The predicted octanol–water partition coefficient (Wildman–Crippen LogP) is 1.63. The lowest BCUT2D eigenvalue weighted by atomic mass is 9.82. The highest BCUT2D eigenvalue weighted by atomic mass is 16.5. The van der Waals surface area contributed by atoms with Gasteiger partial charge in [-0.05, 0) is 48.1 Å². The SMILES string of the molecule is CC1OCCC1N(C)CC1C(N)C(C)(C)OC1(C)C. The molecule has 2 saturated heterocycles. The van der Waals surface area contributed by atoms with E-state index >= 15 is 0 Å². The lowest BCUT2D eigenvalue weighted by molar-refractivity contribution is -0.0791. The van der Waals surface area contributed by atoms with Crippen molar-refractivity contribution >= 4 is 0 Å². The summed E-state index contributed by atoms with van der Waals surface area (Å²) in [6, 6.07) is 0.578. The number of rotatable bonds is 3. The third-order valence-electron chi connectivity index (χ3n) is 5.04. The van der Waals surface area contributed by atoms with Crippen molar-refractivity contribution in [2.75, 3.05) is 20.2 Å². The van der Waals surface area contributed by atoms with Gasteiger partial charge in [-0.2, -0.15) is 0 Å². The molecule has 4 atom stereocenters. The minimum atomic E-state index is -0.243. The number of likely N-dealkylation sites (N-methyl/N-ethyl adjacent to an activating group) is 1. The Balaban J connectivity index is 2.05. The molecule has 0 amide bonds. The van der Waals surface area contributed by atoms with E-state index in [1.54, 1.807) is 0 Å². The summed E-state index contributed by atoms with van der Waals surface area (Å²) in [6.07, 6.45) is 1.43. The van der Waals surface area contributed by atoms with E-state index in [-0.39, 0.29) is 17.2 Å². The van der Waals surface area contributed by atoms with Crippen LogP contribution in [-0.2, 0) is 9.47 Å².